The largest absolute Gasteiger partial charge is 0.465 e. The van der Waals surface area contributed by atoms with Crippen LogP contribution in [0, 0.1) is 0 Å². The summed E-state index contributed by atoms with van der Waals surface area (Å²) >= 11 is 1.37. The van der Waals surface area contributed by atoms with E-state index >= 15 is 0 Å². The Morgan fingerprint density at radius 2 is 1.96 bits per heavy atom. The molecule has 0 aliphatic heterocycles. The molecular formula is C20H17NO5S. The van der Waals surface area contributed by atoms with Gasteiger partial charge in [0.15, 0.2) is 0 Å². The van der Waals surface area contributed by atoms with E-state index in [9.17, 15) is 14.4 Å². The second-order valence-corrected chi connectivity index (χ2v) is 7.44. The van der Waals surface area contributed by atoms with Gasteiger partial charge in [0.2, 0.25) is 5.43 Å². The van der Waals surface area contributed by atoms with Crippen molar-refractivity contribution >= 4 is 39.2 Å². The van der Waals surface area contributed by atoms with Gasteiger partial charge in [-0.05, 0) is 43.4 Å². The highest BCUT2D eigenvalue weighted by atomic mass is 32.1. The number of amides is 1. The van der Waals surface area contributed by atoms with Gasteiger partial charge in [-0.25, -0.2) is 4.79 Å². The molecule has 0 atom stereocenters. The van der Waals surface area contributed by atoms with Crippen LogP contribution in [0.4, 0.5) is 5.00 Å². The first kappa shape index (κ1) is 17.5. The summed E-state index contributed by atoms with van der Waals surface area (Å²) in [5.41, 5.74) is 1.25. The number of thiophene rings is 1. The molecule has 27 heavy (non-hydrogen) atoms. The molecule has 0 spiro atoms. The Morgan fingerprint density at radius 1 is 1.19 bits per heavy atom. The number of rotatable bonds is 3. The number of hydrogen-bond acceptors (Lipinski definition) is 6. The van der Waals surface area contributed by atoms with E-state index in [1.165, 1.54) is 18.4 Å². The minimum Gasteiger partial charge on any atom is -0.465 e. The minimum absolute atomic E-state index is 0.101. The van der Waals surface area contributed by atoms with Crippen molar-refractivity contribution in [2.75, 3.05) is 12.4 Å². The third-order valence-electron chi connectivity index (χ3n) is 4.71. The zero-order chi connectivity index (χ0) is 19.0. The lowest BCUT2D eigenvalue weighted by molar-refractivity contribution is 0.0601. The quantitative estimate of drug-likeness (QED) is 0.696. The van der Waals surface area contributed by atoms with Crippen LogP contribution in [0.25, 0.3) is 11.0 Å². The van der Waals surface area contributed by atoms with Gasteiger partial charge in [-0.15, -0.1) is 11.3 Å². The van der Waals surface area contributed by atoms with Gasteiger partial charge in [-0.2, -0.15) is 0 Å². The van der Waals surface area contributed by atoms with Crippen LogP contribution in [-0.4, -0.2) is 19.0 Å². The van der Waals surface area contributed by atoms with Crippen LogP contribution >= 0.6 is 11.3 Å². The van der Waals surface area contributed by atoms with Gasteiger partial charge in [0.1, 0.15) is 22.4 Å². The third kappa shape index (κ3) is 3.04. The molecule has 0 unspecified atom stereocenters. The monoisotopic (exact) mass is 383 g/mol. The van der Waals surface area contributed by atoms with Gasteiger partial charge >= 0.3 is 5.97 Å². The summed E-state index contributed by atoms with van der Waals surface area (Å²) in [6.07, 6.45) is 4.86. The first-order chi connectivity index (χ1) is 13.1. The topological polar surface area (TPSA) is 85.6 Å². The van der Waals surface area contributed by atoms with Crippen LogP contribution in [0.15, 0.2) is 39.7 Å². The number of esters is 1. The van der Waals surface area contributed by atoms with Crippen molar-refractivity contribution in [1.29, 1.82) is 0 Å². The van der Waals surface area contributed by atoms with E-state index in [4.69, 9.17) is 9.15 Å². The van der Waals surface area contributed by atoms with Crippen molar-refractivity contribution in [1.82, 2.24) is 0 Å². The summed E-state index contributed by atoms with van der Waals surface area (Å²) in [4.78, 5) is 38.7. The Balaban J connectivity index is 1.73. The van der Waals surface area contributed by atoms with Crippen LogP contribution in [0.3, 0.4) is 0 Å². The van der Waals surface area contributed by atoms with Crippen LogP contribution in [0.5, 0.6) is 0 Å². The van der Waals surface area contributed by atoms with Crippen LogP contribution in [0.2, 0.25) is 0 Å². The maximum absolute atomic E-state index is 12.7. The molecule has 138 valence electrons. The number of carbonyl (C=O) groups is 2. The molecule has 7 heteroatoms. The van der Waals surface area contributed by atoms with Gasteiger partial charge in [-0.1, -0.05) is 12.1 Å². The van der Waals surface area contributed by atoms with Gasteiger partial charge in [0.05, 0.1) is 18.1 Å². The van der Waals surface area contributed by atoms with E-state index in [0.29, 0.717) is 21.5 Å². The van der Waals surface area contributed by atoms with Crippen molar-refractivity contribution in [2.45, 2.75) is 25.7 Å². The molecule has 2 heterocycles. The molecule has 1 N–H and O–H groups in total. The number of carbonyl (C=O) groups excluding carboxylic acids is 2. The fourth-order valence-electron chi connectivity index (χ4n) is 3.38. The fraction of sp³-hybridized carbons (Fsp3) is 0.250. The summed E-state index contributed by atoms with van der Waals surface area (Å²) in [5, 5.41) is 3.48. The molecule has 0 saturated carbocycles. The number of fused-ring (bicyclic) bond motifs is 2. The summed E-state index contributed by atoms with van der Waals surface area (Å²) in [6.45, 7) is 0. The maximum Gasteiger partial charge on any atom is 0.341 e. The Hall–Kier alpha value is -2.93. The molecule has 4 rings (SSSR count). The van der Waals surface area contributed by atoms with Crippen LogP contribution in [-0.2, 0) is 17.6 Å². The smallest absolute Gasteiger partial charge is 0.341 e. The van der Waals surface area contributed by atoms with Crippen molar-refractivity contribution < 1.29 is 18.7 Å². The molecule has 1 aliphatic rings. The average Bonchev–Trinajstić information content (AvgIpc) is 3.05. The number of ether oxygens (including phenoxy) is 1. The highest BCUT2D eigenvalue weighted by Crippen LogP contribution is 2.38. The molecule has 0 saturated heterocycles. The fourth-order valence-corrected chi connectivity index (χ4v) is 4.65. The molecule has 0 radical (unpaired) electrons. The number of aryl methyl sites for hydroxylation is 1. The van der Waals surface area contributed by atoms with Gasteiger partial charge in [-0.3, -0.25) is 9.59 Å². The molecule has 2 aromatic heterocycles. The molecule has 1 aliphatic carbocycles. The van der Waals surface area contributed by atoms with E-state index in [2.05, 4.69) is 5.32 Å². The van der Waals surface area contributed by atoms with E-state index in [1.54, 1.807) is 24.3 Å². The number of nitrogens with one attached hydrogen (secondary N) is 1. The Bertz CT molecular complexity index is 1110. The normalized spacial score (nSPS) is 13.2. The first-order valence-electron chi connectivity index (χ1n) is 8.65. The molecular weight excluding hydrogens is 366 g/mol. The highest BCUT2D eigenvalue weighted by molar-refractivity contribution is 7.17. The van der Waals surface area contributed by atoms with Crippen molar-refractivity contribution in [3.63, 3.8) is 0 Å². The van der Waals surface area contributed by atoms with Crippen molar-refractivity contribution in [2.24, 2.45) is 0 Å². The zero-order valence-electron chi connectivity index (χ0n) is 14.7. The summed E-state index contributed by atoms with van der Waals surface area (Å²) in [7, 11) is 1.32. The van der Waals surface area contributed by atoms with E-state index < -0.39 is 17.3 Å². The van der Waals surface area contributed by atoms with E-state index in [1.807, 2.05) is 0 Å². The third-order valence-corrected chi connectivity index (χ3v) is 5.92. The van der Waals surface area contributed by atoms with E-state index in [0.717, 1.165) is 42.4 Å². The summed E-state index contributed by atoms with van der Waals surface area (Å²) in [6, 6.07) is 6.75. The molecule has 6 nitrogen and oxygen atoms in total. The van der Waals surface area contributed by atoms with E-state index in [-0.39, 0.29) is 5.56 Å². The summed E-state index contributed by atoms with van der Waals surface area (Å²) in [5.74, 6) is -1.08. The van der Waals surface area contributed by atoms with Gasteiger partial charge in [0.25, 0.3) is 5.91 Å². The van der Waals surface area contributed by atoms with Crippen molar-refractivity contribution in [3.8, 4) is 0 Å². The van der Waals surface area contributed by atoms with Gasteiger partial charge in [0, 0.05) is 4.88 Å². The lowest BCUT2D eigenvalue weighted by Gasteiger charge is -2.11. The van der Waals surface area contributed by atoms with Crippen molar-refractivity contribution in [3.05, 3.63) is 62.3 Å². The molecule has 3 aromatic rings. The molecule has 0 fully saturated rings. The second kappa shape index (κ2) is 7.00. The Labute approximate surface area is 158 Å². The maximum atomic E-state index is 12.7. The van der Waals surface area contributed by atoms with Crippen LogP contribution in [0.1, 0.15) is 44.0 Å². The average molecular weight is 383 g/mol. The molecule has 0 bridgehead atoms. The number of methoxy groups -OCH3 is 1. The predicted octanol–water partition coefficient (Wildman–Crippen LogP) is 3.77. The molecule has 1 aromatic carbocycles. The first-order valence-corrected chi connectivity index (χ1v) is 9.46. The number of hydrogen-bond donors (Lipinski definition) is 1. The highest BCUT2D eigenvalue weighted by Gasteiger charge is 2.27. The second-order valence-electron chi connectivity index (χ2n) is 6.34. The molecule has 1 amide bonds. The lowest BCUT2D eigenvalue weighted by Crippen LogP contribution is -2.22. The standard InChI is InChI=1S/C20H17NO5S/c1-25-20(24)16-12-7-3-5-9-15(12)27-19(16)21-18(23)13-10-26-14-8-4-2-6-11(14)17(13)22/h2,4,6,8,10H,3,5,7,9H2,1H3,(H,21,23). The number of para-hydroxylation sites is 1. The lowest BCUT2D eigenvalue weighted by atomic mass is 9.95. The Kier molecular flexibility index (Phi) is 4.53. The SMILES string of the molecule is COC(=O)c1c(NC(=O)c2coc3ccccc3c2=O)sc2c1CCCC2. The predicted molar refractivity (Wildman–Crippen MR) is 103 cm³/mol. The van der Waals surface area contributed by atoms with Gasteiger partial charge < -0.3 is 14.5 Å². The number of anilines is 1. The number of benzene rings is 1. The Morgan fingerprint density at radius 3 is 2.78 bits per heavy atom. The van der Waals surface area contributed by atoms with Crippen LogP contribution < -0.4 is 10.7 Å². The summed E-state index contributed by atoms with van der Waals surface area (Å²) < 4.78 is 10.3. The zero-order valence-corrected chi connectivity index (χ0v) is 15.5. The minimum atomic E-state index is -0.599.